The van der Waals surface area contributed by atoms with Crippen molar-refractivity contribution in [2.45, 2.75) is 32.0 Å². The Hall–Kier alpha value is -1.66. The van der Waals surface area contributed by atoms with Crippen LogP contribution in [0, 0.1) is 5.82 Å². The van der Waals surface area contributed by atoms with Crippen molar-refractivity contribution in [2.75, 3.05) is 19.8 Å². The fourth-order valence-electron chi connectivity index (χ4n) is 2.40. The summed E-state index contributed by atoms with van der Waals surface area (Å²) in [5.74, 6) is -0.338. The van der Waals surface area contributed by atoms with Crippen molar-refractivity contribution in [3.05, 3.63) is 35.6 Å². The van der Waals surface area contributed by atoms with Gasteiger partial charge in [0.1, 0.15) is 5.82 Å². The third-order valence-electron chi connectivity index (χ3n) is 3.60. The van der Waals surface area contributed by atoms with Crippen LogP contribution < -0.4 is 5.32 Å². The lowest BCUT2D eigenvalue weighted by Crippen LogP contribution is -2.47. The number of nitrogens with zero attached hydrogens (tertiary/aromatic N) is 1. The number of urea groups is 1. The normalized spacial score (nSPS) is 21.3. The van der Waals surface area contributed by atoms with E-state index < -0.39 is 0 Å². The summed E-state index contributed by atoms with van der Waals surface area (Å²) >= 11 is 0. The molecular weight excluding hydrogens is 275 g/mol. The van der Waals surface area contributed by atoms with Crippen LogP contribution >= 0.6 is 0 Å². The summed E-state index contributed by atoms with van der Waals surface area (Å²) in [5, 5.41) is 12.0. The highest BCUT2D eigenvalue weighted by atomic mass is 19.1. The van der Waals surface area contributed by atoms with Crippen LogP contribution in [0.5, 0.6) is 0 Å². The van der Waals surface area contributed by atoms with E-state index in [2.05, 4.69) is 5.32 Å². The molecule has 0 unspecified atom stereocenters. The lowest BCUT2D eigenvalue weighted by Gasteiger charge is -2.25. The molecule has 0 aliphatic carbocycles. The monoisotopic (exact) mass is 296 g/mol. The largest absolute Gasteiger partial charge is 0.395 e. The molecule has 5 nitrogen and oxygen atoms in total. The first kappa shape index (κ1) is 15.7. The van der Waals surface area contributed by atoms with Gasteiger partial charge in [-0.2, -0.15) is 0 Å². The van der Waals surface area contributed by atoms with Crippen LogP contribution in [-0.2, 0) is 11.3 Å². The Labute approximate surface area is 123 Å². The average Bonchev–Trinajstić information content (AvgIpc) is 2.84. The van der Waals surface area contributed by atoms with Crippen molar-refractivity contribution < 1.29 is 19.0 Å². The average molecular weight is 296 g/mol. The molecule has 1 aromatic rings. The highest BCUT2D eigenvalue weighted by molar-refractivity contribution is 5.74. The van der Waals surface area contributed by atoms with Gasteiger partial charge in [-0.15, -0.1) is 0 Å². The molecular formula is C15H21FN2O3. The standard InChI is InChI=1S/C15H21FN2O3/c1-11-14(5-8-21-11)17-15(20)18(6-7-19)10-12-3-2-4-13(16)9-12/h2-4,9,11,14,19H,5-8,10H2,1H3,(H,17,20)/t11-,14-/m1/s1. The maximum absolute atomic E-state index is 13.2. The quantitative estimate of drug-likeness (QED) is 0.866. The van der Waals surface area contributed by atoms with Gasteiger partial charge < -0.3 is 20.1 Å². The minimum Gasteiger partial charge on any atom is -0.395 e. The number of benzene rings is 1. The predicted octanol–water partition coefficient (Wildman–Crippen LogP) is 1.51. The zero-order chi connectivity index (χ0) is 15.2. The number of aliphatic hydroxyl groups is 1. The molecule has 0 aromatic heterocycles. The summed E-state index contributed by atoms with van der Waals surface area (Å²) in [6.45, 7) is 2.87. The number of ether oxygens (including phenoxy) is 1. The molecule has 116 valence electrons. The molecule has 1 aromatic carbocycles. The molecule has 1 aliphatic heterocycles. The van der Waals surface area contributed by atoms with E-state index in [9.17, 15) is 9.18 Å². The predicted molar refractivity (Wildman–Crippen MR) is 76.2 cm³/mol. The van der Waals surface area contributed by atoms with Crippen molar-refractivity contribution in [3.8, 4) is 0 Å². The van der Waals surface area contributed by atoms with Crippen LogP contribution in [0.2, 0.25) is 0 Å². The fourth-order valence-corrected chi connectivity index (χ4v) is 2.40. The van der Waals surface area contributed by atoms with Gasteiger partial charge in [0.15, 0.2) is 0 Å². The number of carbonyl (C=O) groups is 1. The Morgan fingerprint density at radius 3 is 3.00 bits per heavy atom. The van der Waals surface area contributed by atoms with Crippen LogP contribution in [0.4, 0.5) is 9.18 Å². The minimum atomic E-state index is -0.338. The first-order chi connectivity index (χ1) is 10.1. The molecule has 21 heavy (non-hydrogen) atoms. The molecule has 0 bridgehead atoms. The molecule has 0 radical (unpaired) electrons. The molecule has 1 heterocycles. The first-order valence-corrected chi connectivity index (χ1v) is 7.12. The second kappa shape index (κ2) is 7.38. The van der Waals surface area contributed by atoms with E-state index in [4.69, 9.17) is 9.84 Å². The van der Waals surface area contributed by atoms with Crippen LogP contribution in [0.15, 0.2) is 24.3 Å². The van der Waals surface area contributed by atoms with Gasteiger partial charge in [-0.3, -0.25) is 0 Å². The summed E-state index contributed by atoms with van der Waals surface area (Å²) in [6.07, 6.45) is 0.763. The highest BCUT2D eigenvalue weighted by Gasteiger charge is 2.27. The second-order valence-electron chi connectivity index (χ2n) is 5.20. The fraction of sp³-hybridized carbons (Fsp3) is 0.533. The molecule has 0 spiro atoms. The molecule has 2 amide bonds. The molecule has 2 rings (SSSR count). The van der Waals surface area contributed by atoms with Crippen molar-refractivity contribution in [2.24, 2.45) is 0 Å². The van der Waals surface area contributed by atoms with Gasteiger partial charge in [-0.1, -0.05) is 12.1 Å². The minimum absolute atomic E-state index is 0.0147. The number of amides is 2. The van der Waals surface area contributed by atoms with E-state index in [-0.39, 0.29) is 43.7 Å². The number of nitrogens with one attached hydrogen (secondary N) is 1. The maximum Gasteiger partial charge on any atom is 0.318 e. The lowest BCUT2D eigenvalue weighted by molar-refractivity contribution is 0.111. The van der Waals surface area contributed by atoms with E-state index >= 15 is 0 Å². The van der Waals surface area contributed by atoms with Crippen LogP contribution in [0.25, 0.3) is 0 Å². The summed E-state index contributed by atoms with van der Waals surface area (Å²) in [6, 6.07) is 5.81. The molecule has 2 atom stereocenters. The zero-order valence-corrected chi connectivity index (χ0v) is 12.1. The molecule has 1 saturated heterocycles. The van der Waals surface area contributed by atoms with Crippen molar-refractivity contribution in [1.82, 2.24) is 10.2 Å². The second-order valence-corrected chi connectivity index (χ2v) is 5.20. The van der Waals surface area contributed by atoms with Crippen molar-refractivity contribution in [3.63, 3.8) is 0 Å². The van der Waals surface area contributed by atoms with Crippen LogP contribution in [0.3, 0.4) is 0 Å². The van der Waals surface area contributed by atoms with E-state index in [0.29, 0.717) is 12.2 Å². The van der Waals surface area contributed by atoms with Crippen LogP contribution in [-0.4, -0.2) is 47.9 Å². The van der Waals surface area contributed by atoms with E-state index in [1.165, 1.54) is 17.0 Å². The maximum atomic E-state index is 13.2. The summed E-state index contributed by atoms with van der Waals surface area (Å²) < 4.78 is 18.6. The highest BCUT2D eigenvalue weighted by Crippen LogP contribution is 2.14. The van der Waals surface area contributed by atoms with Gasteiger partial charge in [0.05, 0.1) is 18.8 Å². The van der Waals surface area contributed by atoms with Crippen molar-refractivity contribution in [1.29, 1.82) is 0 Å². The van der Waals surface area contributed by atoms with Gasteiger partial charge in [0.2, 0.25) is 0 Å². The Kier molecular flexibility index (Phi) is 5.52. The lowest BCUT2D eigenvalue weighted by atomic mass is 10.1. The van der Waals surface area contributed by atoms with Gasteiger partial charge in [-0.25, -0.2) is 9.18 Å². The van der Waals surface area contributed by atoms with E-state index in [1.807, 2.05) is 6.92 Å². The topological polar surface area (TPSA) is 61.8 Å². The number of rotatable bonds is 5. The van der Waals surface area contributed by atoms with Crippen molar-refractivity contribution >= 4 is 6.03 Å². The SMILES string of the molecule is C[C@H]1OCC[C@H]1NC(=O)N(CCO)Cc1cccc(F)c1. The van der Waals surface area contributed by atoms with Gasteiger partial charge in [-0.05, 0) is 31.0 Å². The molecule has 6 heteroatoms. The number of carbonyl (C=O) groups excluding carboxylic acids is 1. The van der Waals surface area contributed by atoms with E-state index in [0.717, 1.165) is 6.42 Å². The Bertz CT molecular complexity index is 484. The Morgan fingerprint density at radius 2 is 2.38 bits per heavy atom. The molecule has 1 fully saturated rings. The number of aliphatic hydroxyl groups excluding tert-OH is 1. The first-order valence-electron chi connectivity index (χ1n) is 7.12. The summed E-state index contributed by atoms with van der Waals surface area (Å²) in [5.41, 5.74) is 0.689. The number of halogens is 1. The number of hydrogen-bond acceptors (Lipinski definition) is 3. The Balaban J connectivity index is 1.98. The third kappa shape index (κ3) is 4.41. The molecule has 2 N–H and O–H groups in total. The summed E-state index contributed by atoms with van der Waals surface area (Å²) in [7, 11) is 0. The summed E-state index contributed by atoms with van der Waals surface area (Å²) in [4.78, 5) is 13.8. The van der Waals surface area contributed by atoms with Gasteiger partial charge in [0.25, 0.3) is 0 Å². The van der Waals surface area contributed by atoms with Crippen LogP contribution in [0.1, 0.15) is 18.9 Å². The molecule has 1 aliphatic rings. The molecule has 0 saturated carbocycles. The number of hydrogen-bond donors (Lipinski definition) is 2. The zero-order valence-electron chi connectivity index (χ0n) is 12.1. The van der Waals surface area contributed by atoms with Gasteiger partial charge in [0, 0.05) is 19.7 Å². The Morgan fingerprint density at radius 1 is 1.57 bits per heavy atom. The van der Waals surface area contributed by atoms with E-state index in [1.54, 1.807) is 12.1 Å². The smallest absolute Gasteiger partial charge is 0.318 e. The third-order valence-corrected chi connectivity index (χ3v) is 3.60. The van der Waals surface area contributed by atoms with Gasteiger partial charge >= 0.3 is 6.03 Å².